The second kappa shape index (κ2) is 11.3. The second-order valence-corrected chi connectivity index (χ2v) is 11.0. The molecule has 1 saturated heterocycles. The molecule has 214 valence electrons. The number of aliphatic imine (C=N–C) groups is 1. The van der Waals surface area contributed by atoms with E-state index in [4.69, 9.17) is 9.73 Å². The van der Waals surface area contributed by atoms with Crippen molar-refractivity contribution in [2.75, 3.05) is 6.61 Å². The van der Waals surface area contributed by atoms with Crippen LogP contribution in [0.25, 0.3) is 11.1 Å². The Hall–Kier alpha value is -4.65. The molecule has 0 saturated carbocycles. The summed E-state index contributed by atoms with van der Waals surface area (Å²) in [7, 11) is 0. The van der Waals surface area contributed by atoms with E-state index in [2.05, 4.69) is 0 Å². The molecule has 0 spiro atoms. The summed E-state index contributed by atoms with van der Waals surface area (Å²) in [6.45, 7) is 7.90. The third-order valence-corrected chi connectivity index (χ3v) is 7.19. The van der Waals surface area contributed by atoms with Gasteiger partial charge < -0.3 is 4.74 Å². The average molecular weight is 569 g/mol. The Balaban J connectivity index is 1.89. The average Bonchev–Trinajstić information content (AvgIpc) is 3.23. The van der Waals surface area contributed by atoms with Crippen molar-refractivity contribution < 1.29 is 22.7 Å². The fourth-order valence-corrected chi connectivity index (χ4v) is 4.94. The van der Waals surface area contributed by atoms with Gasteiger partial charge in [0.05, 0.1) is 16.8 Å². The zero-order valence-corrected chi connectivity index (χ0v) is 23.9. The van der Waals surface area contributed by atoms with Crippen LogP contribution in [0.2, 0.25) is 0 Å². The number of nitrogens with zero attached hydrogens (tertiary/aromatic N) is 2. The van der Waals surface area contributed by atoms with E-state index < -0.39 is 23.4 Å². The third kappa shape index (κ3) is 6.00. The molecule has 4 aromatic carbocycles. The minimum atomic E-state index is -4.48. The molecule has 0 unspecified atom stereocenters. The lowest BCUT2D eigenvalue weighted by molar-refractivity contribution is -0.137. The number of halogens is 3. The van der Waals surface area contributed by atoms with Crippen LogP contribution >= 0.6 is 0 Å². The number of benzene rings is 4. The SMILES string of the molecule is Cc1ccc(C(=C(C(=Nc2ccc(C(F)(F)F)cc2)N2C(=O)OCC2(C)C)c2ccccc2)c2ccc(C)cc2)cc1. The van der Waals surface area contributed by atoms with Gasteiger partial charge in [-0.05, 0) is 68.7 Å². The summed E-state index contributed by atoms with van der Waals surface area (Å²) in [5.41, 5.74) is 4.94. The number of alkyl halides is 3. The summed E-state index contributed by atoms with van der Waals surface area (Å²) < 4.78 is 45.6. The summed E-state index contributed by atoms with van der Waals surface area (Å²) in [6.07, 6.45) is -5.06. The molecule has 4 nitrogen and oxygen atoms in total. The van der Waals surface area contributed by atoms with Crippen LogP contribution in [-0.2, 0) is 10.9 Å². The monoisotopic (exact) mass is 568 g/mol. The van der Waals surface area contributed by atoms with Crippen LogP contribution in [0.1, 0.15) is 47.2 Å². The number of hydrogen-bond donors (Lipinski definition) is 0. The fraction of sp³-hybridized carbons (Fsp3) is 0.200. The van der Waals surface area contributed by atoms with E-state index in [9.17, 15) is 18.0 Å². The van der Waals surface area contributed by atoms with Crippen LogP contribution in [-0.4, -0.2) is 29.0 Å². The van der Waals surface area contributed by atoms with Gasteiger partial charge in [0.25, 0.3) is 0 Å². The number of hydrogen-bond acceptors (Lipinski definition) is 3. The number of amidine groups is 1. The molecule has 42 heavy (non-hydrogen) atoms. The van der Waals surface area contributed by atoms with Crippen LogP contribution in [0.15, 0.2) is 108 Å². The Labute approximate surface area is 243 Å². The standard InChI is InChI=1S/C35H31F3N2O2/c1-23-10-14-26(15-11-23)30(27-16-12-24(2)13-17-27)31(25-8-6-5-7-9-25)32(40-33(41)42-22-34(40,3)4)39-29-20-18-28(19-21-29)35(36,37)38/h5-21H,22H2,1-4H3. The van der Waals surface area contributed by atoms with Crippen molar-refractivity contribution in [3.8, 4) is 0 Å². The van der Waals surface area contributed by atoms with E-state index in [1.54, 1.807) is 0 Å². The number of carbonyl (C=O) groups is 1. The first kappa shape index (κ1) is 28.9. The van der Waals surface area contributed by atoms with E-state index in [-0.39, 0.29) is 18.1 Å². The van der Waals surface area contributed by atoms with Crippen molar-refractivity contribution in [3.63, 3.8) is 0 Å². The molecule has 7 heteroatoms. The zero-order chi connectivity index (χ0) is 30.1. The van der Waals surface area contributed by atoms with Gasteiger partial charge >= 0.3 is 12.3 Å². The van der Waals surface area contributed by atoms with E-state index in [1.807, 2.05) is 107 Å². The Bertz CT molecular complexity index is 1590. The summed E-state index contributed by atoms with van der Waals surface area (Å²) >= 11 is 0. The van der Waals surface area contributed by atoms with Crippen molar-refractivity contribution in [2.45, 2.75) is 39.4 Å². The molecule has 0 aliphatic carbocycles. The van der Waals surface area contributed by atoms with Crippen LogP contribution in [0.3, 0.4) is 0 Å². The summed E-state index contributed by atoms with van der Waals surface area (Å²) in [6, 6.07) is 30.4. The first-order chi connectivity index (χ1) is 19.9. The fourth-order valence-electron chi connectivity index (χ4n) is 4.94. The topological polar surface area (TPSA) is 41.9 Å². The van der Waals surface area contributed by atoms with Crippen LogP contribution in [0.5, 0.6) is 0 Å². The first-order valence-corrected chi connectivity index (χ1v) is 13.6. The van der Waals surface area contributed by atoms with Crippen molar-refractivity contribution in [1.29, 1.82) is 0 Å². The van der Waals surface area contributed by atoms with E-state index in [1.165, 1.54) is 17.0 Å². The maximum atomic E-state index is 13.4. The Morgan fingerprint density at radius 3 is 1.74 bits per heavy atom. The van der Waals surface area contributed by atoms with Gasteiger partial charge in [0.15, 0.2) is 0 Å². The van der Waals surface area contributed by atoms with Gasteiger partial charge in [-0.3, -0.25) is 4.90 Å². The first-order valence-electron chi connectivity index (χ1n) is 13.6. The lowest BCUT2D eigenvalue weighted by Gasteiger charge is -2.31. The maximum Gasteiger partial charge on any atom is 0.416 e. The Morgan fingerprint density at radius 1 is 0.762 bits per heavy atom. The highest BCUT2D eigenvalue weighted by Crippen LogP contribution is 2.39. The molecule has 1 aliphatic heterocycles. The molecule has 0 radical (unpaired) electrons. The number of rotatable bonds is 5. The van der Waals surface area contributed by atoms with E-state index >= 15 is 0 Å². The number of carbonyl (C=O) groups excluding carboxylic acids is 1. The van der Waals surface area contributed by atoms with E-state index in [0.29, 0.717) is 5.57 Å². The smallest absolute Gasteiger partial charge is 0.416 e. The molecule has 0 N–H and O–H groups in total. The van der Waals surface area contributed by atoms with Crippen LogP contribution < -0.4 is 0 Å². The highest BCUT2D eigenvalue weighted by Gasteiger charge is 2.44. The predicted octanol–water partition coefficient (Wildman–Crippen LogP) is 9.24. The number of ether oxygens (including phenoxy) is 1. The Morgan fingerprint density at radius 2 is 1.29 bits per heavy atom. The number of aryl methyl sites for hydroxylation is 2. The van der Waals surface area contributed by atoms with Crippen LogP contribution in [0.4, 0.5) is 23.7 Å². The van der Waals surface area contributed by atoms with E-state index in [0.717, 1.165) is 45.5 Å². The maximum absolute atomic E-state index is 13.4. The quantitative estimate of drug-likeness (QED) is 0.137. The van der Waals surface area contributed by atoms with Gasteiger partial charge in [0.1, 0.15) is 12.4 Å². The van der Waals surface area contributed by atoms with Crippen molar-refractivity contribution in [2.24, 2.45) is 4.99 Å². The number of cyclic esters (lactones) is 1. The summed E-state index contributed by atoms with van der Waals surface area (Å²) in [4.78, 5) is 19.8. The summed E-state index contributed by atoms with van der Waals surface area (Å²) in [5, 5.41) is 0. The highest BCUT2D eigenvalue weighted by molar-refractivity contribution is 6.34. The minimum Gasteiger partial charge on any atom is -0.447 e. The van der Waals surface area contributed by atoms with Crippen molar-refractivity contribution in [3.05, 3.63) is 137 Å². The lowest BCUT2D eigenvalue weighted by atomic mass is 9.87. The second-order valence-electron chi connectivity index (χ2n) is 11.0. The molecular formula is C35H31F3N2O2. The molecule has 4 aromatic rings. The molecule has 0 atom stereocenters. The molecule has 1 amide bonds. The molecule has 1 heterocycles. The lowest BCUT2D eigenvalue weighted by Crippen LogP contribution is -2.46. The van der Waals surface area contributed by atoms with Gasteiger partial charge in [-0.2, -0.15) is 13.2 Å². The zero-order valence-electron chi connectivity index (χ0n) is 23.9. The molecule has 1 fully saturated rings. The van der Waals surface area contributed by atoms with Crippen molar-refractivity contribution in [1.82, 2.24) is 4.90 Å². The highest BCUT2D eigenvalue weighted by atomic mass is 19.4. The Kier molecular flexibility index (Phi) is 7.78. The van der Waals surface area contributed by atoms with Gasteiger partial charge in [-0.25, -0.2) is 9.79 Å². The van der Waals surface area contributed by atoms with Crippen LogP contribution in [0, 0.1) is 13.8 Å². The summed E-state index contributed by atoms with van der Waals surface area (Å²) in [5.74, 6) is 0.282. The number of amides is 1. The minimum absolute atomic E-state index is 0.129. The van der Waals surface area contributed by atoms with Gasteiger partial charge in [-0.15, -0.1) is 0 Å². The normalized spacial score (nSPS) is 15.0. The molecule has 0 aromatic heterocycles. The predicted molar refractivity (Wildman–Crippen MR) is 161 cm³/mol. The molecule has 1 aliphatic rings. The molecule has 5 rings (SSSR count). The largest absolute Gasteiger partial charge is 0.447 e. The van der Waals surface area contributed by atoms with Gasteiger partial charge in [0, 0.05) is 11.1 Å². The third-order valence-electron chi connectivity index (χ3n) is 7.19. The van der Waals surface area contributed by atoms with Gasteiger partial charge in [0.2, 0.25) is 0 Å². The molecule has 0 bridgehead atoms. The molecular weight excluding hydrogens is 537 g/mol. The van der Waals surface area contributed by atoms with Crippen molar-refractivity contribution >= 4 is 28.8 Å². The van der Waals surface area contributed by atoms with Gasteiger partial charge in [-0.1, -0.05) is 90.0 Å².